The smallest absolute Gasteiger partial charge is 0.317 e. The summed E-state index contributed by atoms with van der Waals surface area (Å²) in [7, 11) is -1.40. The molecule has 0 aromatic carbocycles. The van der Waals surface area contributed by atoms with E-state index in [9.17, 15) is 13.2 Å². The topological polar surface area (TPSA) is 66.5 Å². The zero-order valence-corrected chi connectivity index (χ0v) is 13.9. The van der Waals surface area contributed by atoms with Crippen LogP contribution >= 0.6 is 0 Å². The van der Waals surface area contributed by atoms with Crippen LogP contribution in [0, 0.1) is 5.92 Å². The Balaban J connectivity index is 2.49. The molecule has 0 aliphatic heterocycles. The van der Waals surface area contributed by atoms with Gasteiger partial charge in [-0.2, -0.15) is 0 Å². The molecule has 0 radical (unpaired) electrons. The number of nitrogens with zero attached hydrogens (tertiary/aromatic N) is 1. The van der Waals surface area contributed by atoms with Crippen LogP contribution in [0.3, 0.4) is 0 Å². The molecule has 3 atom stereocenters. The minimum absolute atomic E-state index is 0.0223. The molecule has 1 aliphatic carbocycles. The first-order valence-electron chi connectivity index (χ1n) is 7.49. The van der Waals surface area contributed by atoms with Gasteiger partial charge in [0.2, 0.25) is 0 Å². The van der Waals surface area contributed by atoms with E-state index in [1.807, 2.05) is 0 Å². The average molecular weight is 304 g/mol. The maximum atomic E-state index is 12.2. The molecule has 6 heteroatoms. The number of urea groups is 1. The Morgan fingerprint density at radius 3 is 2.60 bits per heavy atom. The third-order valence-corrected chi connectivity index (χ3v) is 6.05. The molecular formula is C14H28N2O3S. The summed E-state index contributed by atoms with van der Waals surface area (Å²) in [5.41, 5.74) is 0. The molecule has 0 aromatic rings. The normalized spacial score (nSPS) is 25.0. The molecule has 0 spiro atoms. The van der Waals surface area contributed by atoms with E-state index in [0.717, 1.165) is 19.3 Å². The maximum Gasteiger partial charge on any atom is 0.317 e. The van der Waals surface area contributed by atoms with Gasteiger partial charge in [0.1, 0.15) is 0 Å². The molecule has 0 bridgehead atoms. The first-order valence-corrected chi connectivity index (χ1v) is 9.31. The van der Waals surface area contributed by atoms with E-state index in [4.69, 9.17) is 0 Å². The standard InChI is InChI=1S/C14H28N2O3S/c1-5-20(18,19)10-12(3)16(4)14(17)15-13-8-6-7-11(2)9-13/h11-13H,5-10H2,1-4H3,(H,15,17)/t11-,12-,13+/m0/s1. The number of hydrogen-bond donors (Lipinski definition) is 1. The summed E-state index contributed by atoms with van der Waals surface area (Å²) in [5, 5.41) is 3.03. The number of sulfone groups is 1. The Morgan fingerprint density at radius 2 is 2.05 bits per heavy atom. The number of amides is 2. The van der Waals surface area contributed by atoms with Gasteiger partial charge in [-0.3, -0.25) is 0 Å². The molecule has 1 N–H and O–H groups in total. The van der Waals surface area contributed by atoms with Crippen molar-refractivity contribution in [2.45, 2.75) is 58.5 Å². The van der Waals surface area contributed by atoms with Gasteiger partial charge in [0, 0.05) is 24.9 Å². The van der Waals surface area contributed by atoms with Gasteiger partial charge in [0.05, 0.1) is 5.75 Å². The molecule has 0 unspecified atom stereocenters. The molecule has 1 fully saturated rings. The number of rotatable bonds is 5. The molecule has 1 aliphatic rings. The largest absolute Gasteiger partial charge is 0.335 e. The highest BCUT2D eigenvalue weighted by Crippen LogP contribution is 2.23. The molecule has 1 saturated carbocycles. The van der Waals surface area contributed by atoms with Gasteiger partial charge in [0.15, 0.2) is 9.84 Å². The summed E-state index contributed by atoms with van der Waals surface area (Å²) in [5.74, 6) is 0.791. The van der Waals surface area contributed by atoms with E-state index in [2.05, 4.69) is 12.2 Å². The SMILES string of the molecule is CCS(=O)(=O)C[C@H](C)N(C)C(=O)N[C@@H]1CCC[C@H](C)C1. The molecule has 2 amide bonds. The average Bonchev–Trinajstić information content (AvgIpc) is 2.37. The van der Waals surface area contributed by atoms with E-state index in [0.29, 0.717) is 5.92 Å². The lowest BCUT2D eigenvalue weighted by Gasteiger charge is -2.31. The van der Waals surface area contributed by atoms with Crippen molar-refractivity contribution in [3.05, 3.63) is 0 Å². The van der Waals surface area contributed by atoms with Crippen molar-refractivity contribution in [2.75, 3.05) is 18.6 Å². The molecule has 0 heterocycles. The van der Waals surface area contributed by atoms with Crippen LogP contribution in [0.2, 0.25) is 0 Å². The second-order valence-electron chi connectivity index (χ2n) is 6.08. The van der Waals surface area contributed by atoms with Crippen molar-refractivity contribution in [2.24, 2.45) is 5.92 Å². The summed E-state index contributed by atoms with van der Waals surface area (Å²) in [4.78, 5) is 13.7. The Bertz CT molecular complexity index is 422. The van der Waals surface area contributed by atoms with Crippen LogP contribution in [0.1, 0.15) is 46.5 Å². The van der Waals surface area contributed by atoms with Gasteiger partial charge in [-0.25, -0.2) is 13.2 Å². The predicted octanol–water partition coefficient (Wildman–Crippen LogP) is 2.03. The van der Waals surface area contributed by atoms with E-state index in [1.165, 1.54) is 11.3 Å². The number of carbonyl (C=O) groups is 1. The highest BCUT2D eigenvalue weighted by atomic mass is 32.2. The lowest BCUT2D eigenvalue weighted by atomic mass is 9.87. The quantitative estimate of drug-likeness (QED) is 0.845. The van der Waals surface area contributed by atoms with Gasteiger partial charge in [-0.05, 0) is 25.7 Å². The van der Waals surface area contributed by atoms with E-state index in [1.54, 1.807) is 20.9 Å². The Kier molecular flexibility index (Phi) is 6.30. The maximum absolute atomic E-state index is 12.2. The van der Waals surface area contributed by atoms with E-state index < -0.39 is 9.84 Å². The minimum Gasteiger partial charge on any atom is -0.335 e. The molecule has 5 nitrogen and oxygen atoms in total. The van der Waals surface area contributed by atoms with Gasteiger partial charge < -0.3 is 10.2 Å². The zero-order chi connectivity index (χ0) is 15.3. The number of nitrogens with one attached hydrogen (secondary N) is 1. The summed E-state index contributed by atoms with van der Waals surface area (Å²) >= 11 is 0. The van der Waals surface area contributed by atoms with Crippen molar-refractivity contribution < 1.29 is 13.2 Å². The van der Waals surface area contributed by atoms with Crippen LogP contribution < -0.4 is 5.32 Å². The van der Waals surface area contributed by atoms with Crippen molar-refractivity contribution in [3.8, 4) is 0 Å². The van der Waals surface area contributed by atoms with Gasteiger partial charge in [-0.1, -0.05) is 26.7 Å². The summed E-state index contributed by atoms with van der Waals surface area (Å²) in [6, 6.07) is -0.243. The van der Waals surface area contributed by atoms with Crippen molar-refractivity contribution >= 4 is 15.9 Å². The Labute approximate surface area is 123 Å². The fraction of sp³-hybridized carbons (Fsp3) is 0.929. The highest BCUT2D eigenvalue weighted by Gasteiger charge is 2.25. The highest BCUT2D eigenvalue weighted by molar-refractivity contribution is 7.91. The van der Waals surface area contributed by atoms with E-state index in [-0.39, 0.29) is 29.6 Å². The summed E-state index contributed by atoms with van der Waals surface area (Å²) in [6.45, 7) is 5.61. The minimum atomic E-state index is -3.06. The molecule has 0 aromatic heterocycles. The fourth-order valence-electron chi connectivity index (χ4n) is 2.64. The zero-order valence-electron chi connectivity index (χ0n) is 13.1. The van der Waals surface area contributed by atoms with Crippen LogP contribution in [0.5, 0.6) is 0 Å². The second-order valence-corrected chi connectivity index (χ2v) is 8.47. The van der Waals surface area contributed by atoms with Crippen LogP contribution in [-0.4, -0.2) is 50.0 Å². The molecule has 0 saturated heterocycles. The summed E-state index contributed by atoms with van der Waals surface area (Å²) < 4.78 is 23.2. The van der Waals surface area contributed by atoms with Crippen LogP contribution in [0.15, 0.2) is 0 Å². The van der Waals surface area contributed by atoms with Crippen molar-refractivity contribution in [1.82, 2.24) is 10.2 Å². The molecule has 1 rings (SSSR count). The lowest BCUT2D eigenvalue weighted by molar-refractivity contribution is 0.187. The first kappa shape index (κ1) is 17.3. The van der Waals surface area contributed by atoms with Crippen molar-refractivity contribution in [3.63, 3.8) is 0 Å². The molecule has 20 heavy (non-hydrogen) atoms. The first-order chi connectivity index (χ1) is 9.25. The third-order valence-electron chi connectivity index (χ3n) is 4.18. The van der Waals surface area contributed by atoms with Crippen LogP contribution in [0.25, 0.3) is 0 Å². The van der Waals surface area contributed by atoms with Crippen LogP contribution in [0.4, 0.5) is 4.79 Å². The molecular weight excluding hydrogens is 276 g/mol. The van der Waals surface area contributed by atoms with Crippen LogP contribution in [-0.2, 0) is 9.84 Å². The van der Waals surface area contributed by atoms with Gasteiger partial charge in [0.25, 0.3) is 0 Å². The molecule has 118 valence electrons. The van der Waals surface area contributed by atoms with Crippen molar-refractivity contribution in [1.29, 1.82) is 0 Å². The fourth-order valence-corrected chi connectivity index (χ4v) is 3.83. The Morgan fingerprint density at radius 1 is 1.40 bits per heavy atom. The van der Waals surface area contributed by atoms with Gasteiger partial charge in [-0.15, -0.1) is 0 Å². The third kappa shape index (κ3) is 5.31. The van der Waals surface area contributed by atoms with E-state index >= 15 is 0 Å². The van der Waals surface area contributed by atoms with Gasteiger partial charge >= 0.3 is 6.03 Å². The second kappa shape index (κ2) is 7.29. The predicted molar refractivity (Wildman–Crippen MR) is 81.5 cm³/mol. The number of carbonyl (C=O) groups excluding carboxylic acids is 1. The lowest BCUT2D eigenvalue weighted by Crippen LogP contribution is -2.49. The Hall–Kier alpha value is -0.780. The summed E-state index contributed by atoms with van der Waals surface area (Å²) in [6.07, 6.45) is 4.41. The number of hydrogen-bond acceptors (Lipinski definition) is 3. The monoisotopic (exact) mass is 304 g/mol.